The number of benzene rings is 4. The summed E-state index contributed by atoms with van der Waals surface area (Å²) in [4.78, 5) is 17.7. The molecule has 0 spiro atoms. The summed E-state index contributed by atoms with van der Waals surface area (Å²) < 4.78 is 6.93. The molecule has 4 nitrogen and oxygen atoms in total. The molecule has 0 aliphatic carbocycles. The number of fused-ring (bicyclic) bond motifs is 1. The van der Waals surface area contributed by atoms with E-state index in [4.69, 9.17) is 17.0 Å². The molecule has 0 unspecified atom stereocenters. The lowest BCUT2D eigenvalue weighted by Crippen LogP contribution is -2.27. The van der Waals surface area contributed by atoms with E-state index in [1.807, 2.05) is 73.7 Å². The Labute approximate surface area is 231 Å². The van der Waals surface area contributed by atoms with Crippen LogP contribution in [0.3, 0.4) is 0 Å². The van der Waals surface area contributed by atoms with Crippen molar-refractivity contribution < 1.29 is 9.53 Å². The lowest BCUT2D eigenvalue weighted by atomic mass is 9.98. The molecule has 4 aromatic rings. The monoisotopic (exact) mass is 532 g/mol. The SMILES string of the molecule is CCN1C(=O)/C(=C2\C=C(c3ccc(N(c4ccccc4)c4ccccc4)cc3)Oc3ccccc32)SC1=S. The largest absolute Gasteiger partial charge is 0.456 e. The molecule has 38 heavy (non-hydrogen) atoms. The Morgan fingerprint density at radius 3 is 1.97 bits per heavy atom. The highest BCUT2D eigenvalue weighted by molar-refractivity contribution is 8.26. The van der Waals surface area contributed by atoms with Gasteiger partial charge in [-0.1, -0.05) is 78.6 Å². The van der Waals surface area contributed by atoms with Crippen LogP contribution in [-0.4, -0.2) is 21.7 Å². The summed E-state index contributed by atoms with van der Waals surface area (Å²) in [6, 6.07) is 36.7. The molecule has 0 radical (unpaired) electrons. The van der Waals surface area contributed by atoms with Gasteiger partial charge in [0.2, 0.25) is 0 Å². The molecule has 6 heteroatoms. The van der Waals surface area contributed by atoms with Gasteiger partial charge in [-0.3, -0.25) is 9.69 Å². The van der Waals surface area contributed by atoms with Crippen molar-refractivity contribution in [2.45, 2.75) is 6.92 Å². The van der Waals surface area contributed by atoms with E-state index in [1.165, 1.54) is 11.8 Å². The van der Waals surface area contributed by atoms with Crippen molar-refractivity contribution in [1.29, 1.82) is 0 Å². The van der Waals surface area contributed by atoms with Crippen LogP contribution in [-0.2, 0) is 4.79 Å². The second kappa shape index (κ2) is 10.3. The Morgan fingerprint density at radius 2 is 1.37 bits per heavy atom. The number of allylic oxidation sites excluding steroid dienone is 2. The predicted octanol–water partition coefficient (Wildman–Crippen LogP) is 8.18. The van der Waals surface area contributed by atoms with E-state index in [0.717, 1.165) is 39.5 Å². The molecule has 0 aromatic heterocycles. The highest BCUT2D eigenvalue weighted by Crippen LogP contribution is 2.44. The number of nitrogens with zero attached hydrogens (tertiary/aromatic N) is 2. The van der Waals surface area contributed by atoms with E-state index >= 15 is 0 Å². The summed E-state index contributed by atoms with van der Waals surface area (Å²) >= 11 is 6.84. The first-order valence-corrected chi connectivity index (χ1v) is 13.6. The lowest BCUT2D eigenvalue weighted by molar-refractivity contribution is -0.122. The molecule has 2 aliphatic rings. The third kappa shape index (κ3) is 4.42. The minimum Gasteiger partial charge on any atom is -0.456 e. The van der Waals surface area contributed by atoms with Crippen LogP contribution in [0.25, 0.3) is 11.3 Å². The zero-order chi connectivity index (χ0) is 26.1. The normalized spacial score (nSPS) is 16.7. The zero-order valence-corrected chi connectivity index (χ0v) is 22.3. The predicted molar refractivity (Wildman–Crippen MR) is 161 cm³/mol. The maximum atomic E-state index is 13.2. The second-order valence-corrected chi connectivity index (χ2v) is 10.5. The van der Waals surface area contributed by atoms with Crippen LogP contribution in [0.4, 0.5) is 17.1 Å². The number of thiocarbonyl (C=S) groups is 1. The van der Waals surface area contributed by atoms with Gasteiger partial charge in [0.1, 0.15) is 15.8 Å². The summed E-state index contributed by atoms with van der Waals surface area (Å²) in [5, 5.41) is 0. The van der Waals surface area contributed by atoms with E-state index in [1.54, 1.807) is 4.90 Å². The smallest absolute Gasteiger partial charge is 0.266 e. The fourth-order valence-corrected chi connectivity index (χ4v) is 6.11. The fraction of sp³-hybridized carbons (Fsp3) is 0.0625. The van der Waals surface area contributed by atoms with Crippen molar-refractivity contribution in [3.8, 4) is 5.75 Å². The number of hydrogen-bond acceptors (Lipinski definition) is 5. The van der Waals surface area contributed by atoms with Gasteiger partial charge in [0.15, 0.2) is 0 Å². The van der Waals surface area contributed by atoms with E-state index in [9.17, 15) is 4.79 Å². The molecule has 2 heterocycles. The van der Waals surface area contributed by atoms with Crippen molar-refractivity contribution in [3.05, 3.63) is 131 Å². The molecule has 1 amide bonds. The highest BCUT2D eigenvalue weighted by Gasteiger charge is 2.35. The van der Waals surface area contributed by atoms with Gasteiger partial charge in [0.25, 0.3) is 5.91 Å². The lowest BCUT2D eigenvalue weighted by Gasteiger charge is -2.26. The van der Waals surface area contributed by atoms with Crippen molar-refractivity contribution >= 4 is 62.6 Å². The number of carbonyl (C=O) groups is 1. The van der Waals surface area contributed by atoms with E-state index in [-0.39, 0.29) is 5.91 Å². The number of likely N-dealkylation sites (N-methyl/N-ethyl adjacent to an activating group) is 1. The molecule has 2 aliphatic heterocycles. The maximum absolute atomic E-state index is 13.2. The van der Waals surface area contributed by atoms with Gasteiger partial charge in [-0.15, -0.1) is 0 Å². The van der Waals surface area contributed by atoms with Gasteiger partial charge in [-0.25, -0.2) is 0 Å². The summed E-state index contributed by atoms with van der Waals surface area (Å²) in [5.41, 5.74) is 5.85. The van der Waals surface area contributed by atoms with Gasteiger partial charge >= 0.3 is 0 Å². The topological polar surface area (TPSA) is 32.8 Å². The van der Waals surface area contributed by atoms with E-state index in [2.05, 4.69) is 53.4 Å². The standard InChI is InChI=1S/C32H24N2O2S2/c1-2-33-31(35)30(38-32(33)37)27-21-29(36-28-16-10-9-15-26(27)28)22-17-19-25(20-18-22)34(23-11-5-3-6-12-23)24-13-7-4-8-14-24/h3-21H,2H2,1H3/b30-27-. The molecule has 6 rings (SSSR count). The van der Waals surface area contributed by atoms with Crippen molar-refractivity contribution in [2.75, 3.05) is 11.4 Å². The minimum absolute atomic E-state index is 0.0542. The number of thioether (sulfide) groups is 1. The summed E-state index contributed by atoms with van der Waals surface area (Å²) in [6.45, 7) is 2.49. The third-order valence-corrected chi connectivity index (χ3v) is 7.99. The number of amides is 1. The first kappa shape index (κ1) is 24.2. The van der Waals surface area contributed by atoms with Crippen molar-refractivity contribution in [2.24, 2.45) is 0 Å². The van der Waals surface area contributed by atoms with Gasteiger partial charge in [0.05, 0.1) is 4.91 Å². The number of para-hydroxylation sites is 3. The van der Waals surface area contributed by atoms with E-state index in [0.29, 0.717) is 21.5 Å². The fourth-order valence-electron chi connectivity index (χ4n) is 4.68. The molecule has 1 saturated heterocycles. The first-order chi connectivity index (χ1) is 18.6. The molecule has 0 N–H and O–H groups in total. The van der Waals surface area contributed by atoms with Crippen LogP contribution in [0, 0.1) is 0 Å². The third-order valence-electron chi connectivity index (χ3n) is 6.52. The number of carbonyl (C=O) groups excluding carboxylic acids is 1. The van der Waals surface area contributed by atoms with Crippen LogP contribution < -0.4 is 9.64 Å². The Kier molecular flexibility index (Phi) is 6.58. The maximum Gasteiger partial charge on any atom is 0.266 e. The molecular weight excluding hydrogens is 508 g/mol. The number of ether oxygens (including phenoxy) is 1. The summed E-state index contributed by atoms with van der Waals surface area (Å²) in [6.07, 6.45) is 1.96. The molecular formula is C32H24N2O2S2. The van der Waals surface area contributed by atoms with Gasteiger partial charge < -0.3 is 9.64 Å². The Hall–Kier alpha value is -4.13. The van der Waals surface area contributed by atoms with Crippen LogP contribution in [0.1, 0.15) is 18.1 Å². The van der Waals surface area contributed by atoms with Crippen LogP contribution in [0.5, 0.6) is 5.75 Å². The van der Waals surface area contributed by atoms with E-state index < -0.39 is 0 Å². The molecule has 186 valence electrons. The Balaban J connectivity index is 1.41. The number of rotatable bonds is 5. The van der Waals surface area contributed by atoms with Crippen LogP contribution >= 0.6 is 24.0 Å². The Bertz CT molecular complexity index is 1540. The van der Waals surface area contributed by atoms with Crippen molar-refractivity contribution in [3.63, 3.8) is 0 Å². The molecule has 0 atom stereocenters. The molecule has 1 fully saturated rings. The number of hydrogen-bond donors (Lipinski definition) is 0. The molecule has 4 aromatic carbocycles. The average molecular weight is 533 g/mol. The zero-order valence-electron chi connectivity index (χ0n) is 20.7. The van der Waals surface area contributed by atoms with Gasteiger partial charge in [-0.05, 0) is 67.6 Å². The molecule has 0 saturated carbocycles. The molecule has 0 bridgehead atoms. The number of anilines is 3. The van der Waals surface area contributed by atoms with Gasteiger partial charge in [-0.2, -0.15) is 0 Å². The summed E-state index contributed by atoms with van der Waals surface area (Å²) in [5.74, 6) is 1.36. The first-order valence-electron chi connectivity index (χ1n) is 12.4. The highest BCUT2D eigenvalue weighted by atomic mass is 32.2. The van der Waals surface area contributed by atoms with Gasteiger partial charge in [0, 0.05) is 40.3 Å². The average Bonchev–Trinajstić information content (AvgIpc) is 3.26. The van der Waals surface area contributed by atoms with Crippen LogP contribution in [0.15, 0.2) is 120 Å². The summed E-state index contributed by atoms with van der Waals surface area (Å²) in [7, 11) is 0. The van der Waals surface area contributed by atoms with Crippen molar-refractivity contribution in [1.82, 2.24) is 4.90 Å². The quantitative estimate of drug-likeness (QED) is 0.191. The Morgan fingerprint density at radius 1 is 0.789 bits per heavy atom. The minimum atomic E-state index is -0.0542. The second-order valence-electron chi connectivity index (χ2n) is 8.82. The van der Waals surface area contributed by atoms with Crippen LogP contribution in [0.2, 0.25) is 0 Å².